The Hall–Kier alpha value is -1.67. The van der Waals surface area contributed by atoms with E-state index in [4.69, 9.17) is 10.8 Å². The maximum atomic E-state index is 12.7. The molecule has 0 aliphatic heterocycles. The predicted octanol–water partition coefficient (Wildman–Crippen LogP) is 0.477. The second-order valence-corrected chi connectivity index (χ2v) is 7.91. The van der Waals surface area contributed by atoms with Crippen molar-refractivity contribution in [3.63, 3.8) is 0 Å². The van der Waals surface area contributed by atoms with Gasteiger partial charge >= 0.3 is 5.97 Å². The number of rotatable bonds is 11. The van der Waals surface area contributed by atoms with Gasteiger partial charge in [-0.1, -0.05) is 41.5 Å². The number of hydrogen-bond donors (Lipinski definition) is 5. The van der Waals surface area contributed by atoms with Gasteiger partial charge in [0.15, 0.2) is 0 Å². The number of carbonyl (C=O) groups is 3. The van der Waals surface area contributed by atoms with Gasteiger partial charge in [-0.15, -0.1) is 0 Å². The normalized spacial score (nSPS) is 16.3. The third-order valence-corrected chi connectivity index (χ3v) is 4.17. The van der Waals surface area contributed by atoms with E-state index in [1.165, 1.54) is 0 Å². The van der Waals surface area contributed by atoms with E-state index < -0.39 is 48.4 Å². The Bertz CT molecular complexity index is 479. The number of aliphatic hydroxyl groups is 1. The molecule has 0 aromatic carbocycles. The standard InChI is InChI=1S/C18H35N3O5/c1-9(2)7-12(13(22)8-14(23)24)20-18(26)16(11(5)6)21-17(25)15(19)10(3)4/h9-13,15-16,22H,7-8,19H2,1-6H3,(H,20,26)(H,21,25)(H,23,24)/t12-,13-,15-,16-/m0/s1. The van der Waals surface area contributed by atoms with Gasteiger partial charge < -0.3 is 26.6 Å². The van der Waals surface area contributed by atoms with Gasteiger partial charge in [0.25, 0.3) is 0 Å². The molecule has 0 spiro atoms. The van der Waals surface area contributed by atoms with Gasteiger partial charge in [-0.25, -0.2) is 0 Å². The number of nitrogens with two attached hydrogens (primary N) is 1. The van der Waals surface area contributed by atoms with Crippen LogP contribution in [0, 0.1) is 17.8 Å². The van der Waals surface area contributed by atoms with E-state index in [-0.39, 0.29) is 17.8 Å². The molecule has 6 N–H and O–H groups in total. The van der Waals surface area contributed by atoms with E-state index in [0.29, 0.717) is 6.42 Å². The van der Waals surface area contributed by atoms with Gasteiger partial charge in [-0.3, -0.25) is 14.4 Å². The topological polar surface area (TPSA) is 142 Å². The average molecular weight is 373 g/mol. The minimum atomic E-state index is -1.21. The summed E-state index contributed by atoms with van der Waals surface area (Å²) in [5.41, 5.74) is 5.83. The lowest BCUT2D eigenvalue weighted by atomic mass is 9.95. The fourth-order valence-electron chi connectivity index (χ4n) is 2.50. The van der Waals surface area contributed by atoms with Gasteiger partial charge in [0.1, 0.15) is 6.04 Å². The number of amides is 2. The highest BCUT2D eigenvalue weighted by Crippen LogP contribution is 2.13. The number of carboxylic acid groups (broad SMARTS) is 1. The lowest BCUT2D eigenvalue weighted by molar-refractivity contribution is -0.140. The van der Waals surface area contributed by atoms with Crippen LogP contribution in [-0.2, 0) is 14.4 Å². The fraction of sp³-hybridized carbons (Fsp3) is 0.833. The van der Waals surface area contributed by atoms with E-state index in [1.807, 2.05) is 27.7 Å². The zero-order valence-electron chi connectivity index (χ0n) is 16.7. The van der Waals surface area contributed by atoms with Crippen molar-refractivity contribution in [3.05, 3.63) is 0 Å². The van der Waals surface area contributed by atoms with Gasteiger partial charge in [0.2, 0.25) is 11.8 Å². The molecule has 0 fully saturated rings. The molecular formula is C18H35N3O5. The zero-order valence-corrected chi connectivity index (χ0v) is 16.7. The summed E-state index contributed by atoms with van der Waals surface area (Å²) in [6.45, 7) is 11.0. The van der Waals surface area contributed by atoms with Crippen LogP contribution in [0.25, 0.3) is 0 Å². The van der Waals surface area contributed by atoms with Gasteiger partial charge in [0.05, 0.1) is 24.6 Å². The first-order valence-electron chi connectivity index (χ1n) is 9.12. The van der Waals surface area contributed by atoms with Crippen LogP contribution in [0.4, 0.5) is 0 Å². The first-order valence-corrected chi connectivity index (χ1v) is 9.12. The number of aliphatic carboxylic acids is 1. The smallest absolute Gasteiger partial charge is 0.306 e. The number of carboxylic acids is 1. The Balaban J connectivity index is 5.18. The molecule has 0 rings (SSSR count). The lowest BCUT2D eigenvalue weighted by Gasteiger charge is -2.29. The van der Waals surface area contributed by atoms with Crippen molar-refractivity contribution in [1.82, 2.24) is 10.6 Å². The summed E-state index contributed by atoms with van der Waals surface area (Å²) in [6.07, 6.45) is -1.25. The Morgan fingerprint density at radius 2 is 1.46 bits per heavy atom. The molecule has 0 radical (unpaired) electrons. The highest BCUT2D eigenvalue weighted by molar-refractivity contribution is 5.90. The van der Waals surface area contributed by atoms with E-state index in [1.54, 1.807) is 13.8 Å². The zero-order chi connectivity index (χ0) is 20.6. The van der Waals surface area contributed by atoms with E-state index in [9.17, 15) is 19.5 Å². The minimum Gasteiger partial charge on any atom is -0.481 e. The summed E-state index contributed by atoms with van der Waals surface area (Å²) in [6, 6.07) is -2.26. The molecule has 0 aliphatic carbocycles. The molecule has 0 heterocycles. The van der Waals surface area contributed by atoms with Crippen LogP contribution >= 0.6 is 0 Å². The molecule has 4 atom stereocenters. The maximum absolute atomic E-state index is 12.7. The van der Waals surface area contributed by atoms with Gasteiger partial charge in [-0.2, -0.15) is 0 Å². The molecule has 0 unspecified atom stereocenters. The Labute approximate surface area is 155 Å². The van der Waals surface area contributed by atoms with Crippen molar-refractivity contribution in [2.24, 2.45) is 23.5 Å². The number of hydrogen-bond acceptors (Lipinski definition) is 5. The van der Waals surface area contributed by atoms with Crippen molar-refractivity contribution >= 4 is 17.8 Å². The first-order chi connectivity index (χ1) is 11.9. The summed E-state index contributed by atoms with van der Waals surface area (Å²) in [7, 11) is 0. The van der Waals surface area contributed by atoms with Gasteiger partial charge in [0, 0.05) is 0 Å². The lowest BCUT2D eigenvalue weighted by Crippen LogP contribution is -2.57. The molecule has 8 nitrogen and oxygen atoms in total. The highest BCUT2D eigenvalue weighted by atomic mass is 16.4. The molecule has 8 heteroatoms. The van der Waals surface area contributed by atoms with Gasteiger partial charge in [-0.05, 0) is 24.2 Å². The summed E-state index contributed by atoms with van der Waals surface area (Å²) in [4.78, 5) is 35.7. The molecule has 0 aromatic heterocycles. The fourth-order valence-corrected chi connectivity index (χ4v) is 2.50. The van der Waals surface area contributed by atoms with Crippen molar-refractivity contribution in [1.29, 1.82) is 0 Å². The van der Waals surface area contributed by atoms with Crippen LogP contribution in [0.15, 0.2) is 0 Å². The molecule has 0 bridgehead atoms. The van der Waals surface area contributed by atoms with E-state index in [0.717, 1.165) is 0 Å². The Morgan fingerprint density at radius 3 is 1.85 bits per heavy atom. The summed E-state index contributed by atoms with van der Waals surface area (Å²) in [5, 5.41) is 24.4. The molecule has 0 saturated carbocycles. The van der Waals surface area contributed by atoms with E-state index >= 15 is 0 Å². The minimum absolute atomic E-state index is 0.0723. The van der Waals surface area contributed by atoms with Crippen molar-refractivity contribution in [2.45, 2.75) is 78.6 Å². The molecule has 152 valence electrons. The summed E-state index contributed by atoms with van der Waals surface area (Å²) in [5.74, 6) is -2.14. The third-order valence-electron chi connectivity index (χ3n) is 4.17. The molecular weight excluding hydrogens is 338 g/mol. The predicted molar refractivity (Wildman–Crippen MR) is 99.2 cm³/mol. The third kappa shape index (κ3) is 8.62. The van der Waals surface area contributed by atoms with Crippen LogP contribution in [0.1, 0.15) is 54.4 Å². The first kappa shape index (κ1) is 24.3. The second-order valence-electron chi connectivity index (χ2n) is 7.91. The van der Waals surface area contributed by atoms with Crippen molar-refractivity contribution < 1.29 is 24.6 Å². The largest absolute Gasteiger partial charge is 0.481 e. The molecule has 0 saturated heterocycles. The highest BCUT2D eigenvalue weighted by Gasteiger charge is 2.31. The number of carbonyl (C=O) groups excluding carboxylic acids is 2. The van der Waals surface area contributed by atoms with Crippen molar-refractivity contribution in [2.75, 3.05) is 0 Å². The van der Waals surface area contributed by atoms with Crippen LogP contribution in [0.2, 0.25) is 0 Å². The van der Waals surface area contributed by atoms with Crippen LogP contribution in [0.5, 0.6) is 0 Å². The molecule has 2 amide bonds. The maximum Gasteiger partial charge on any atom is 0.306 e. The average Bonchev–Trinajstić information content (AvgIpc) is 2.48. The van der Waals surface area contributed by atoms with E-state index in [2.05, 4.69) is 10.6 Å². The monoisotopic (exact) mass is 373 g/mol. The number of nitrogens with one attached hydrogen (secondary N) is 2. The molecule has 26 heavy (non-hydrogen) atoms. The quantitative estimate of drug-likeness (QED) is 0.356. The van der Waals surface area contributed by atoms with Crippen molar-refractivity contribution in [3.8, 4) is 0 Å². The summed E-state index contributed by atoms with van der Waals surface area (Å²) < 4.78 is 0. The second kappa shape index (κ2) is 11.1. The van der Waals surface area contributed by atoms with Crippen LogP contribution in [-0.4, -0.2) is 52.2 Å². The van der Waals surface area contributed by atoms with Crippen LogP contribution in [0.3, 0.4) is 0 Å². The number of aliphatic hydroxyl groups excluding tert-OH is 1. The molecule has 0 aromatic rings. The summed E-state index contributed by atoms with van der Waals surface area (Å²) >= 11 is 0. The van der Waals surface area contributed by atoms with Crippen LogP contribution < -0.4 is 16.4 Å². The SMILES string of the molecule is CC(C)C[C@H](NC(=O)[C@@H](NC(=O)[C@@H](N)C(C)C)C(C)C)[C@@H](O)CC(=O)O. The Morgan fingerprint density at radius 1 is 0.923 bits per heavy atom. The Kier molecular flexibility index (Phi) is 10.4. The molecule has 0 aliphatic rings.